The summed E-state index contributed by atoms with van der Waals surface area (Å²) in [6.07, 6.45) is 2.11. The fraction of sp³-hybridized carbons (Fsp3) is 0.625. The second-order valence-electron chi connectivity index (χ2n) is 5.96. The second kappa shape index (κ2) is 5.41. The van der Waals surface area contributed by atoms with Crippen LogP contribution in [0.25, 0.3) is 0 Å². The maximum Gasteiger partial charge on any atom is 0.166 e. The van der Waals surface area contributed by atoms with Crippen LogP contribution in [0, 0.1) is 6.92 Å². The van der Waals surface area contributed by atoms with Crippen molar-refractivity contribution in [1.29, 1.82) is 0 Å². The minimum atomic E-state index is -0.166. The third-order valence-corrected chi connectivity index (χ3v) is 3.54. The zero-order chi connectivity index (χ0) is 14.0. The van der Waals surface area contributed by atoms with Crippen molar-refractivity contribution < 1.29 is 9.47 Å². The summed E-state index contributed by atoms with van der Waals surface area (Å²) in [4.78, 5) is 0. The van der Waals surface area contributed by atoms with Crippen LogP contribution in [0.15, 0.2) is 12.1 Å². The molecule has 0 radical (unpaired) electrons. The first-order chi connectivity index (χ1) is 8.96. The van der Waals surface area contributed by atoms with Crippen LogP contribution in [0.3, 0.4) is 0 Å². The van der Waals surface area contributed by atoms with Crippen LogP contribution in [0.4, 0.5) is 0 Å². The van der Waals surface area contributed by atoms with Crippen LogP contribution in [0.5, 0.6) is 11.5 Å². The van der Waals surface area contributed by atoms with Crippen LogP contribution >= 0.6 is 0 Å². The Bertz CT molecular complexity index is 454. The lowest BCUT2D eigenvalue weighted by molar-refractivity contribution is 0.0623. The van der Waals surface area contributed by atoms with Gasteiger partial charge in [-0.1, -0.05) is 13.0 Å². The first kappa shape index (κ1) is 14.2. The molecule has 0 fully saturated rings. The van der Waals surface area contributed by atoms with Gasteiger partial charge < -0.3 is 14.8 Å². The molecule has 0 saturated heterocycles. The topological polar surface area (TPSA) is 30.5 Å². The predicted molar refractivity (Wildman–Crippen MR) is 78.1 cm³/mol. The highest BCUT2D eigenvalue weighted by Gasteiger charge is 2.35. The van der Waals surface area contributed by atoms with Gasteiger partial charge in [-0.25, -0.2) is 0 Å². The standard InChI is InChI=1S/C16H25NO2/c1-6-7-17-13-10-16(3,4)19-15-12(13)8-11(2)9-14(15)18-5/h8-9,13,17H,6-7,10H2,1-5H3. The molecule has 1 N–H and O–H groups in total. The number of nitrogens with one attached hydrogen (secondary N) is 1. The van der Waals surface area contributed by atoms with Crippen LogP contribution in [0.1, 0.15) is 50.8 Å². The predicted octanol–water partition coefficient (Wildman–Crippen LogP) is 3.61. The summed E-state index contributed by atoms with van der Waals surface area (Å²) in [6, 6.07) is 4.59. The molecule has 3 nitrogen and oxygen atoms in total. The zero-order valence-electron chi connectivity index (χ0n) is 12.7. The van der Waals surface area contributed by atoms with E-state index in [2.05, 4.69) is 39.1 Å². The molecule has 106 valence electrons. The minimum Gasteiger partial charge on any atom is -0.493 e. The summed E-state index contributed by atoms with van der Waals surface area (Å²) in [5.74, 6) is 1.74. The van der Waals surface area contributed by atoms with E-state index in [-0.39, 0.29) is 5.60 Å². The first-order valence-electron chi connectivity index (χ1n) is 7.08. The van der Waals surface area contributed by atoms with Gasteiger partial charge in [0.05, 0.1) is 7.11 Å². The van der Waals surface area contributed by atoms with Gasteiger partial charge in [0, 0.05) is 18.0 Å². The Morgan fingerprint density at radius 2 is 2.16 bits per heavy atom. The smallest absolute Gasteiger partial charge is 0.166 e. The zero-order valence-corrected chi connectivity index (χ0v) is 12.7. The van der Waals surface area contributed by atoms with Gasteiger partial charge in [0.1, 0.15) is 5.60 Å². The van der Waals surface area contributed by atoms with Gasteiger partial charge in [0.15, 0.2) is 11.5 Å². The number of hydrogen-bond donors (Lipinski definition) is 1. The molecule has 1 atom stereocenters. The van der Waals surface area contributed by atoms with Gasteiger partial charge in [-0.3, -0.25) is 0 Å². The van der Waals surface area contributed by atoms with Crippen molar-refractivity contribution in [3.05, 3.63) is 23.3 Å². The average molecular weight is 263 g/mol. The number of hydrogen-bond acceptors (Lipinski definition) is 3. The molecule has 1 aromatic carbocycles. The summed E-state index contributed by atoms with van der Waals surface area (Å²) >= 11 is 0. The van der Waals surface area contributed by atoms with Crippen LogP contribution < -0.4 is 14.8 Å². The third-order valence-electron chi connectivity index (χ3n) is 3.54. The second-order valence-corrected chi connectivity index (χ2v) is 5.96. The first-order valence-corrected chi connectivity index (χ1v) is 7.08. The van der Waals surface area contributed by atoms with Crippen molar-refractivity contribution >= 4 is 0 Å². The van der Waals surface area contributed by atoms with Gasteiger partial charge in [0.25, 0.3) is 0 Å². The van der Waals surface area contributed by atoms with Crippen molar-refractivity contribution in [3.8, 4) is 11.5 Å². The molecule has 2 rings (SSSR count). The van der Waals surface area contributed by atoms with Crippen molar-refractivity contribution in [2.45, 2.75) is 52.2 Å². The van der Waals surface area contributed by atoms with Crippen molar-refractivity contribution in [2.75, 3.05) is 13.7 Å². The molecule has 0 saturated carbocycles. The van der Waals surface area contributed by atoms with Gasteiger partial charge in [0.2, 0.25) is 0 Å². The highest BCUT2D eigenvalue weighted by molar-refractivity contribution is 5.52. The maximum atomic E-state index is 6.14. The molecule has 3 heteroatoms. The molecule has 0 amide bonds. The fourth-order valence-electron chi connectivity index (χ4n) is 2.71. The van der Waals surface area contributed by atoms with E-state index in [0.717, 1.165) is 30.9 Å². The Morgan fingerprint density at radius 1 is 1.42 bits per heavy atom. The van der Waals surface area contributed by atoms with E-state index >= 15 is 0 Å². The van der Waals surface area contributed by atoms with Crippen LogP contribution in [-0.2, 0) is 0 Å². The van der Waals surface area contributed by atoms with Crippen LogP contribution in [-0.4, -0.2) is 19.3 Å². The quantitative estimate of drug-likeness (QED) is 0.900. The minimum absolute atomic E-state index is 0.166. The molecule has 0 aliphatic carbocycles. The molecule has 1 aliphatic heterocycles. The van der Waals surface area contributed by atoms with E-state index < -0.39 is 0 Å². The number of ether oxygens (including phenoxy) is 2. The average Bonchev–Trinajstić information content (AvgIpc) is 2.35. The highest BCUT2D eigenvalue weighted by Crippen LogP contribution is 2.45. The van der Waals surface area contributed by atoms with Crippen LogP contribution in [0.2, 0.25) is 0 Å². The number of rotatable bonds is 4. The molecular weight excluding hydrogens is 238 g/mol. The van der Waals surface area contributed by atoms with E-state index in [4.69, 9.17) is 9.47 Å². The Labute approximate surface area is 116 Å². The summed E-state index contributed by atoms with van der Waals surface area (Å²) in [5.41, 5.74) is 2.27. The lowest BCUT2D eigenvalue weighted by Crippen LogP contribution is -2.39. The lowest BCUT2D eigenvalue weighted by Gasteiger charge is -2.38. The van der Waals surface area contributed by atoms with Gasteiger partial charge in [-0.2, -0.15) is 0 Å². The Morgan fingerprint density at radius 3 is 2.79 bits per heavy atom. The highest BCUT2D eigenvalue weighted by atomic mass is 16.5. The van der Waals surface area contributed by atoms with E-state index in [0.29, 0.717) is 6.04 Å². The van der Waals surface area contributed by atoms with E-state index in [1.54, 1.807) is 7.11 Å². The molecule has 19 heavy (non-hydrogen) atoms. The maximum absolute atomic E-state index is 6.14. The SMILES string of the molecule is CCCNC1CC(C)(C)Oc2c(OC)cc(C)cc21. The summed E-state index contributed by atoms with van der Waals surface area (Å²) < 4.78 is 11.6. The Balaban J connectivity index is 2.43. The number of fused-ring (bicyclic) bond motifs is 1. The normalized spacial score (nSPS) is 20.6. The monoisotopic (exact) mass is 263 g/mol. The molecule has 1 unspecified atom stereocenters. The van der Waals surface area contributed by atoms with Crippen molar-refractivity contribution in [1.82, 2.24) is 5.32 Å². The molecule has 1 aliphatic rings. The number of aryl methyl sites for hydroxylation is 1. The summed E-state index contributed by atoms with van der Waals surface area (Å²) in [7, 11) is 1.70. The molecule has 1 heterocycles. The Hall–Kier alpha value is -1.22. The molecule has 0 aromatic heterocycles. The molecule has 1 aromatic rings. The molecule has 0 bridgehead atoms. The summed E-state index contributed by atoms with van der Waals surface area (Å²) in [5, 5.41) is 3.63. The van der Waals surface area contributed by atoms with Crippen molar-refractivity contribution in [3.63, 3.8) is 0 Å². The van der Waals surface area contributed by atoms with E-state index in [9.17, 15) is 0 Å². The van der Waals surface area contributed by atoms with E-state index in [1.807, 2.05) is 6.07 Å². The van der Waals surface area contributed by atoms with Gasteiger partial charge >= 0.3 is 0 Å². The largest absolute Gasteiger partial charge is 0.493 e. The van der Waals surface area contributed by atoms with E-state index in [1.165, 1.54) is 11.1 Å². The lowest BCUT2D eigenvalue weighted by atomic mass is 9.88. The van der Waals surface area contributed by atoms with Crippen molar-refractivity contribution in [2.24, 2.45) is 0 Å². The summed E-state index contributed by atoms with van der Waals surface area (Å²) in [6.45, 7) is 9.58. The Kier molecular flexibility index (Phi) is 4.04. The molecule has 0 spiro atoms. The molecular formula is C16H25NO2. The fourth-order valence-corrected chi connectivity index (χ4v) is 2.71. The van der Waals surface area contributed by atoms with Gasteiger partial charge in [-0.15, -0.1) is 0 Å². The number of benzene rings is 1. The van der Waals surface area contributed by atoms with Gasteiger partial charge in [-0.05, 0) is 45.4 Å². The number of methoxy groups -OCH3 is 1. The third kappa shape index (κ3) is 3.03.